The van der Waals surface area contributed by atoms with Crippen molar-refractivity contribution in [2.24, 2.45) is 0 Å². The molecule has 4 nitrogen and oxygen atoms in total. The van der Waals surface area contributed by atoms with Gasteiger partial charge in [0.1, 0.15) is 5.82 Å². The number of halogens is 2. The van der Waals surface area contributed by atoms with Gasteiger partial charge in [-0.05, 0) is 28.1 Å². The first-order valence-electron chi connectivity index (χ1n) is 5.06. The van der Waals surface area contributed by atoms with Gasteiger partial charge in [-0.1, -0.05) is 6.07 Å². The lowest BCUT2D eigenvalue weighted by molar-refractivity contribution is 0.0679. The molecule has 0 aliphatic carbocycles. The minimum absolute atomic E-state index is 0.0557. The maximum Gasteiger partial charge on any atom is 0.258 e. The van der Waals surface area contributed by atoms with Gasteiger partial charge in [0.15, 0.2) is 0 Å². The number of carbonyl (C=O) groups excluding carboxylic acids is 1. The number of hydrogen-bond acceptors (Lipinski definition) is 3. The van der Waals surface area contributed by atoms with Crippen LogP contribution in [0.3, 0.4) is 0 Å². The normalized spacial score (nSPS) is 10.4. The lowest BCUT2D eigenvalue weighted by Gasteiger charge is -2.21. The van der Waals surface area contributed by atoms with E-state index in [9.17, 15) is 9.18 Å². The van der Waals surface area contributed by atoms with Crippen LogP contribution >= 0.6 is 15.9 Å². The minimum Gasteiger partial charge on any atom is -0.395 e. The van der Waals surface area contributed by atoms with Crippen LogP contribution in [0.4, 0.5) is 4.39 Å². The van der Waals surface area contributed by atoms with E-state index < -0.39 is 11.7 Å². The van der Waals surface area contributed by atoms with Crippen molar-refractivity contribution in [3.63, 3.8) is 0 Å². The van der Waals surface area contributed by atoms with Crippen molar-refractivity contribution in [3.05, 3.63) is 34.1 Å². The summed E-state index contributed by atoms with van der Waals surface area (Å²) in [6.45, 7) is -0.365. The second-order valence-electron chi connectivity index (χ2n) is 3.34. The van der Waals surface area contributed by atoms with Crippen molar-refractivity contribution < 1.29 is 19.4 Å². The summed E-state index contributed by atoms with van der Waals surface area (Å²) in [5, 5.41) is 17.6. The zero-order chi connectivity index (χ0) is 12.8. The number of benzene rings is 1. The zero-order valence-electron chi connectivity index (χ0n) is 9.07. The largest absolute Gasteiger partial charge is 0.395 e. The smallest absolute Gasteiger partial charge is 0.258 e. The van der Waals surface area contributed by atoms with Gasteiger partial charge < -0.3 is 15.1 Å². The van der Waals surface area contributed by atoms with E-state index in [-0.39, 0.29) is 31.9 Å². The van der Waals surface area contributed by atoms with Crippen molar-refractivity contribution >= 4 is 21.8 Å². The number of hydrogen-bond donors (Lipinski definition) is 2. The lowest BCUT2D eigenvalue weighted by atomic mass is 10.2. The molecule has 0 saturated carbocycles. The first-order chi connectivity index (χ1) is 8.11. The standard InChI is InChI=1S/C11H13BrFNO3/c12-8-2-1-3-9(13)10(8)11(17)14(4-6-15)5-7-16/h1-3,15-16H,4-7H2. The molecule has 0 fully saturated rings. The van der Waals surface area contributed by atoms with Crippen LogP contribution in [0.15, 0.2) is 22.7 Å². The zero-order valence-corrected chi connectivity index (χ0v) is 10.7. The van der Waals surface area contributed by atoms with Crippen molar-refractivity contribution in [1.82, 2.24) is 4.90 Å². The molecule has 6 heteroatoms. The summed E-state index contributed by atoms with van der Waals surface area (Å²) < 4.78 is 13.9. The predicted molar refractivity (Wildman–Crippen MR) is 64.2 cm³/mol. The van der Waals surface area contributed by atoms with E-state index in [1.54, 1.807) is 6.07 Å². The van der Waals surface area contributed by atoms with Crippen LogP contribution in [0.2, 0.25) is 0 Å². The maximum atomic E-state index is 13.5. The first-order valence-corrected chi connectivity index (χ1v) is 5.86. The summed E-state index contributed by atoms with van der Waals surface area (Å²) in [5.74, 6) is -1.19. The molecule has 1 aromatic rings. The van der Waals surface area contributed by atoms with Crippen LogP contribution in [-0.2, 0) is 0 Å². The third-order valence-corrected chi connectivity index (χ3v) is 2.86. The van der Waals surface area contributed by atoms with Crippen LogP contribution in [0.25, 0.3) is 0 Å². The third kappa shape index (κ3) is 3.49. The van der Waals surface area contributed by atoms with E-state index in [0.717, 1.165) is 0 Å². The Bertz CT molecular complexity index is 374. The van der Waals surface area contributed by atoms with Gasteiger partial charge in [0.2, 0.25) is 0 Å². The second kappa shape index (κ2) is 6.68. The molecule has 2 N–H and O–H groups in total. The molecular formula is C11H13BrFNO3. The van der Waals surface area contributed by atoms with Crippen LogP contribution in [-0.4, -0.2) is 47.3 Å². The Kier molecular flexibility index (Phi) is 5.54. The van der Waals surface area contributed by atoms with Gasteiger partial charge in [-0.2, -0.15) is 0 Å². The van der Waals surface area contributed by atoms with Crippen LogP contribution in [0, 0.1) is 5.82 Å². The van der Waals surface area contributed by atoms with Crippen molar-refractivity contribution in [1.29, 1.82) is 0 Å². The van der Waals surface area contributed by atoms with E-state index >= 15 is 0 Å². The molecule has 1 amide bonds. The Balaban J connectivity index is 3.00. The summed E-state index contributed by atoms with van der Waals surface area (Å²) in [7, 11) is 0. The second-order valence-corrected chi connectivity index (χ2v) is 4.19. The fraction of sp³-hybridized carbons (Fsp3) is 0.364. The van der Waals surface area contributed by atoms with Gasteiger partial charge in [-0.3, -0.25) is 4.79 Å². The molecule has 0 aromatic heterocycles. The molecule has 0 unspecified atom stereocenters. The molecular weight excluding hydrogens is 293 g/mol. The fourth-order valence-corrected chi connectivity index (χ4v) is 1.93. The van der Waals surface area contributed by atoms with Gasteiger partial charge in [0.25, 0.3) is 5.91 Å². The Morgan fingerprint density at radius 2 is 1.88 bits per heavy atom. The summed E-state index contributed by atoms with van der Waals surface area (Å²) in [4.78, 5) is 13.2. The minimum atomic E-state index is -0.634. The maximum absolute atomic E-state index is 13.5. The van der Waals surface area contributed by atoms with Gasteiger partial charge in [-0.15, -0.1) is 0 Å². The fourth-order valence-electron chi connectivity index (χ4n) is 1.42. The summed E-state index contributed by atoms with van der Waals surface area (Å²) in [5.41, 5.74) is -0.0885. The number of rotatable bonds is 5. The first kappa shape index (κ1) is 14.1. The molecule has 1 rings (SSSR count). The van der Waals surface area contributed by atoms with E-state index in [1.165, 1.54) is 17.0 Å². The molecule has 1 aromatic carbocycles. The summed E-state index contributed by atoms with van der Waals surface area (Å²) in [6.07, 6.45) is 0. The molecule has 0 aliphatic heterocycles. The molecule has 0 spiro atoms. The van der Waals surface area contributed by atoms with Crippen LogP contribution in [0.1, 0.15) is 10.4 Å². The molecule has 0 radical (unpaired) electrons. The molecule has 0 saturated heterocycles. The number of amides is 1. The topological polar surface area (TPSA) is 60.8 Å². The molecule has 0 bridgehead atoms. The van der Waals surface area contributed by atoms with Crippen LogP contribution in [0.5, 0.6) is 0 Å². The Labute approximate surface area is 107 Å². The lowest BCUT2D eigenvalue weighted by Crippen LogP contribution is -2.36. The molecule has 0 aliphatic rings. The monoisotopic (exact) mass is 305 g/mol. The number of carbonyl (C=O) groups is 1. The molecule has 94 valence electrons. The Morgan fingerprint density at radius 3 is 2.35 bits per heavy atom. The van der Waals surface area contributed by atoms with Crippen molar-refractivity contribution in [2.45, 2.75) is 0 Å². The molecule has 17 heavy (non-hydrogen) atoms. The highest BCUT2D eigenvalue weighted by Gasteiger charge is 2.21. The van der Waals surface area contributed by atoms with Gasteiger partial charge >= 0.3 is 0 Å². The molecule has 0 heterocycles. The highest BCUT2D eigenvalue weighted by molar-refractivity contribution is 9.10. The van der Waals surface area contributed by atoms with Gasteiger partial charge in [-0.25, -0.2) is 4.39 Å². The van der Waals surface area contributed by atoms with E-state index in [0.29, 0.717) is 4.47 Å². The SMILES string of the molecule is O=C(c1c(F)cccc1Br)N(CCO)CCO. The van der Waals surface area contributed by atoms with Crippen LogP contribution < -0.4 is 0 Å². The Hall–Kier alpha value is -0.980. The summed E-state index contributed by atoms with van der Waals surface area (Å²) >= 11 is 3.11. The van der Waals surface area contributed by atoms with Gasteiger partial charge in [0, 0.05) is 17.6 Å². The van der Waals surface area contributed by atoms with Gasteiger partial charge in [0.05, 0.1) is 18.8 Å². The average molecular weight is 306 g/mol. The van der Waals surface area contributed by atoms with E-state index in [4.69, 9.17) is 10.2 Å². The van der Waals surface area contributed by atoms with E-state index in [2.05, 4.69) is 15.9 Å². The predicted octanol–water partition coefficient (Wildman–Crippen LogP) is 1.01. The number of aliphatic hydroxyl groups excluding tert-OH is 2. The van der Waals surface area contributed by atoms with E-state index in [1.807, 2.05) is 0 Å². The van der Waals surface area contributed by atoms with Crippen molar-refractivity contribution in [2.75, 3.05) is 26.3 Å². The quantitative estimate of drug-likeness (QED) is 0.854. The van der Waals surface area contributed by atoms with Crippen molar-refractivity contribution in [3.8, 4) is 0 Å². The highest BCUT2D eigenvalue weighted by atomic mass is 79.9. The highest BCUT2D eigenvalue weighted by Crippen LogP contribution is 2.21. The Morgan fingerprint density at radius 1 is 1.29 bits per heavy atom. The molecule has 0 atom stereocenters. The average Bonchev–Trinajstić information content (AvgIpc) is 2.28. The summed E-state index contributed by atoms with van der Waals surface area (Å²) in [6, 6.07) is 4.24. The third-order valence-electron chi connectivity index (χ3n) is 2.20. The number of nitrogens with zero attached hydrogens (tertiary/aromatic N) is 1. The number of aliphatic hydroxyl groups is 2.